The van der Waals surface area contributed by atoms with Crippen molar-refractivity contribution in [2.45, 2.75) is 50.7 Å². The van der Waals surface area contributed by atoms with E-state index >= 15 is 0 Å². The molecule has 1 saturated heterocycles. The topological polar surface area (TPSA) is 94.2 Å². The number of esters is 1. The highest BCUT2D eigenvalue weighted by Crippen LogP contribution is 2.25. The number of carbonyl (C=O) groups excluding carboxylic acids is 3. The predicted molar refractivity (Wildman–Crippen MR) is 150 cm³/mol. The second kappa shape index (κ2) is 14.5. The van der Waals surface area contributed by atoms with E-state index in [0.717, 1.165) is 16.7 Å². The Morgan fingerprint density at radius 3 is 2.17 bits per heavy atom. The molecule has 0 radical (unpaired) electrons. The number of carbonyl (C=O) groups is 3. The summed E-state index contributed by atoms with van der Waals surface area (Å²) in [5.74, 6) is -0.917. The van der Waals surface area contributed by atoms with Crippen LogP contribution in [-0.2, 0) is 43.4 Å². The molecule has 40 heavy (non-hydrogen) atoms. The van der Waals surface area contributed by atoms with Gasteiger partial charge in [0.25, 0.3) is 0 Å². The number of methoxy groups -OCH3 is 1. The maximum atomic E-state index is 13.8. The lowest BCUT2D eigenvalue weighted by Crippen LogP contribution is -2.52. The number of halogens is 1. The van der Waals surface area contributed by atoms with Crippen molar-refractivity contribution in [1.82, 2.24) is 10.2 Å². The molecule has 2 amide bonds. The van der Waals surface area contributed by atoms with Crippen molar-refractivity contribution < 1.29 is 28.6 Å². The van der Waals surface area contributed by atoms with E-state index in [-0.39, 0.29) is 31.6 Å². The van der Waals surface area contributed by atoms with E-state index in [1.54, 1.807) is 12.1 Å². The number of ether oxygens (including phenoxy) is 3. The minimum atomic E-state index is -0.911. The van der Waals surface area contributed by atoms with Crippen LogP contribution in [0.3, 0.4) is 0 Å². The Morgan fingerprint density at radius 2 is 1.52 bits per heavy atom. The predicted octanol–water partition coefficient (Wildman–Crippen LogP) is 4.93. The van der Waals surface area contributed by atoms with E-state index in [0.29, 0.717) is 24.5 Å². The number of hydrogen-bond donors (Lipinski definition) is 1. The molecule has 0 unspecified atom stereocenters. The van der Waals surface area contributed by atoms with Crippen LogP contribution in [0.5, 0.6) is 0 Å². The van der Waals surface area contributed by atoms with Crippen LogP contribution in [0.15, 0.2) is 84.9 Å². The Kier molecular flexibility index (Phi) is 10.5. The number of likely N-dealkylation sites (tertiary alicyclic amines) is 1. The fourth-order valence-corrected chi connectivity index (χ4v) is 4.76. The van der Waals surface area contributed by atoms with Crippen LogP contribution in [-0.4, -0.2) is 54.7 Å². The molecule has 210 valence electrons. The van der Waals surface area contributed by atoms with Gasteiger partial charge in [-0.15, -0.1) is 0 Å². The molecule has 0 aromatic heterocycles. The first-order valence-corrected chi connectivity index (χ1v) is 13.6. The lowest BCUT2D eigenvalue weighted by atomic mass is 10.0. The van der Waals surface area contributed by atoms with Gasteiger partial charge in [0.15, 0.2) is 0 Å². The van der Waals surface area contributed by atoms with E-state index < -0.39 is 24.1 Å². The summed E-state index contributed by atoms with van der Waals surface area (Å²) in [6.07, 6.45) is 0.0617. The summed E-state index contributed by atoms with van der Waals surface area (Å²) < 4.78 is 16.4. The van der Waals surface area contributed by atoms with Gasteiger partial charge in [-0.2, -0.15) is 0 Å². The largest absolute Gasteiger partial charge is 0.467 e. The fourth-order valence-electron chi connectivity index (χ4n) is 4.64. The van der Waals surface area contributed by atoms with Gasteiger partial charge in [0.2, 0.25) is 5.91 Å². The van der Waals surface area contributed by atoms with Gasteiger partial charge in [-0.05, 0) is 41.7 Å². The number of amides is 2. The number of benzene rings is 3. The molecule has 0 spiro atoms. The van der Waals surface area contributed by atoms with Crippen molar-refractivity contribution in [2.75, 3.05) is 13.7 Å². The first-order valence-electron chi connectivity index (χ1n) is 13.2. The Hall–Kier alpha value is -3.88. The quantitative estimate of drug-likeness (QED) is 0.332. The Morgan fingerprint density at radius 1 is 0.900 bits per heavy atom. The van der Waals surface area contributed by atoms with Crippen LogP contribution in [0.25, 0.3) is 0 Å². The summed E-state index contributed by atoms with van der Waals surface area (Å²) in [4.78, 5) is 40.7. The van der Waals surface area contributed by atoms with Crippen LogP contribution in [0.2, 0.25) is 5.02 Å². The van der Waals surface area contributed by atoms with Gasteiger partial charge >= 0.3 is 12.1 Å². The number of nitrogens with zero attached hydrogens (tertiary/aromatic N) is 1. The van der Waals surface area contributed by atoms with Gasteiger partial charge < -0.3 is 24.4 Å². The zero-order chi connectivity index (χ0) is 28.3. The molecular weight excluding hydrogens is 532 g/mol. The highest BCUT2D eigenvalue weighted by Gasteiger charge is 2.43. The van der Waals surface area contributed by atoms with Gasteiger partial charge in [0.05, 0.1) is 19.8 Å². The molecule has 0 saturated carbocycles. The molecule has 0 bridgehead atoms. The van der Waals surface area contributed by atoms with Crippen molar-refractivity contribution >= 4 is 29.6 Å². The second-order valence-corrected chi connectivity index (χ2v) is 10.0. The van der Waals surface area contributed by atoms with E-state index in [1.807, 2.05) is 72.8 Å². The van der Waals surface area contributed by atoms with Gasteiger partial charge in [0, 0.05) is 18.0 Å². The maximum absolute atomic E-state index is 13.8. The maximum Gasteiger partial charge on any atom is 0.408 e. The van der Waals surface area contributed by atoms with Crippen molar-refractivity contribution in [2.24, 2.45) is 0 Å². The number of rotatable bonds is 11. The van der Waals surface area contributed by atoms with Crippen molar-refractivity contribution in [3.63, 3.8) is 0 Å². The number of aryl methyl sites for hydroxylation is 1. The third-order valence-corrected chi connectivity index (χ3v) is 7.04. The minimum Gasteiger partial charge on any atom is -0.467 e. The van der Waals surface area contributed by atoms with Crippen LogP contribution in [0.1, 0.15) is 29.5 Å². The highest BCUT2D eigenvalue weighted by atomic mass is 35.5. The molecule has 1 fully saturated rings. The van der Waals surface area contributed by atoms with Gasteiger partial charge in [0.1, 0.15) is 18.7 Å². The van der Waals surface area contributed by atoms with E-state index in [1.165, 1.54) is 12.0 Å². The Balaban J connectivity index is 1.45. The summed E-state index contributed by atoms with van der Waals surface area (Å²) in [5.41, 5.74) is 2.78. The molecular formula is C31H33ClN2O6. The van der Waals surface area contributed by atoms with Gasteiger partial charge in [-0.3, -0.25) is 4.79 Å². The molecule has 8 nitrogen and oxygen atoms in total. The first-order chi connectivity index (χ1) is 19.4. The van der Waals surface area contributed by atoms with Crippen LogP contribution in [0.4, 0.5) is 4.79 Å². The van der Waals surface area contributed by atoms with Crippen LogP contribution >= 0.6 is 11.6 Å². The number of alkyl carbamates (subject to hydrolysis) is 1. The molecule has 4 rings (SSSR count). The Labute approximate surface area is 239 Å². The van der Waals surface area contributed by atoms with Crippen molar-refractivity contribution in [3.05, 3.63) is 107 Å². The zero-order valence-corrected chi connectivity index (χ0v) is 23.1. The van der Waals surface area contributed by atoms with E-state index in [2.05, 4.69) is 5.32 Å². The van der Waals surface area contributed by atoms with Gasteiger partial charge in [-0.25, -0.2) is 9.59 Å². The third kappa shape index (κ3) is 8.31. The summed E-state index contributed by atoms with van der Waals surface area (Å²) in [6.45, 7) is 0.565. The molecule has 9 heteroatoms. The summed E-state index contributed by atoms with van der Waals surface area (Å²) in [6, 6.07) is 24.5. The SMILES string of the molecule is COC(=O)[C@@H]1C[C@@H](OCc2ccc(Cl)cc2)CN1C(=O)[C@@H](CCc1ccccc1)NC(=O)OCc1ccccc1. The highest BCUT2D eigenvalue weighted by molar-refractivity contribution is 6.30. The molecule has 0 aliphatic carbocycles. The fraction of sp³-hybridized carbons (Fsp3) is 0.323. The summed E-state index contributed by atoms with van der Waals surface area (Å²) in [5, 5.41) is 3.36. The molecule has 1 aliphatic heterocycles. The molecule has 1 heterocycles. The minimum absolute atomic E-state index is 0.0708. The second-order valence-electron chi connectivity index (χ2n) is 9.61. The molecule has 1 N–H and O–H groups in total. The zero-order valence-electron chi connectivity index (χ0n) is 22.3. The summed E-state index contributed by atoms with van der Waals surface area (Å²) >= 11 is 5.97. The summed E-state index contributed by atoms with van der Waals surface area (Å²) in [7, 11) is 1.29. The van der Waals surface area contributed by atoms with Crippen LogP contribution in [0, 0.1) is 0 Å². The third-order valence-electron chi connectivity index (χ3n) is 6.79. The monoisotopic (exact) mass is 564 g/mol. The van der Waals surface area contributed by atoms with E-state index in [4.69, 9.17) is 25.8 Å². The lowest BCUT2D eigenvalue weighted by molar-refractivity contribution is -0.151. The average Bonchev–Trinajstić information content (AvgIpc) is 3.42. The number of hydrogen-bond acceptors (Lipinski definition) is 6. The van der Waals surface area contributed by atoms with Crippen molar-refractivity contribution in [3.8, 4) is 0 Å². The average molecular weight is 565 g/mol. The standard InChI is InChI=1S/C31H33ClN2O6/c1-38-30(36)28-18-26(39-20-24-12-15-25(32)16-13-24)19-34(28)29(35)27(17-14-22-8-4-2-5-9-22)33-31(37)40-21-23-10-6-3-7-11-23/h2-13,15-16,26-28H,14,17-21H2,1H3,(H,33,37)/t26-,27-,28+/m1/s1. The lowest BCUT2D eigenvalue weighted by Gasteiger charge is -2.27. The first kappa shape index (κ1) is 29.1. The molecule has 3 aromatic rings. The van der Waals surface area contributed by atoms with Crippen LogP contribution < -0.4 is 5.32 Å². The molecule has 3 aromatic carbocycles. The van der Waals surface area contributed by atoms with Gasteiger partial charge in [-0.1, -0.05) is 84.4 Å². The Bertz CT molecular complexity index is 1260. The van der Waals surface area contributed by atoms with E-state index in [9.17, 15) is 14.4 Å². The normalized spacial score (nSPS) is 17.2. The molecule has 1 aliphatic rings. The number of nitrogens with one attached hydrogen (secondary N) is 1. The smallest absolute Gasteiger partial charge is 0.408 e. The van der Waals surface area contributed by atoms with Crippen molar-refractivity contribution in [1.29, 1.82) is 0 Å². The molecule has 3 atom stereocenters.